The first kappa shape index (κ1) is 14.4. The number of esters is 3. The zero-order chi connectivity index (χ0) is 13.7. The average molecular weight is 262 g/mol. The summed E-state index contributed by atoms with van der Waals surface area (Å²) in [6.07, 6.45) is -3.64. The second-order valence-corrected chi connectivity index (χ2v) is 3.40. The molecule has 8 heteroatoms. The largest absolute Gasteiger partial charge is 0.467 e. The summed E-state index contributed by atoms with van der Waals surface area (Å²) in [7, 11) is 2.29. The molecule has 0 aromatic carbocycles. The fourth-order valence-electron chi connectivity index (χ4n) is 1.39. The quantitative estimate of drug-likeness (QED) is 0.472. The van der Waals surface area contributed by atoms with Crippen LogP contribution in [0.1, 0.15) is 6.92 Å². The monoisotopic (exact) mass is 262 g/mol. The van der Waals surface area contributed by atoms with Gasteiger partial charge < -0.3 is 23.7 Å². The summed E-state index contributed by atoms with van der Waals surface area (Å²) in [4.78, 5) is 33.6. The Balaban J connectivity index is 2.75. The third-order valence-electron chi connectivity index (χ3n) is 2.15. The van der Waals surface area contributed by atoms with Crippen LogP contribution >= 0.6 is 0 Å². The van der Waals surface area contributed by atoms with Gasteiger partial charge in [0.1, 0.15) is 6.61 Å². The van der Waals surface area contributed by atoms with Gasteiger partial charge in [-0.1, -0.05) is 0 Å². The van der Waals surface area contributed by atoms with Crippen LogP contribution in [0.15, 0.2) is 0 Å². The van der Waals surface area contributed by atoms with Gasteiger partial charge in [0, 0.05) is 6.92 Å². The zero-order valence-electron chi connectivity index (χ0n) is 10.2. The summed E-state index contributed by atoms with van der Waals surface area (Å²) in [5.41, 5.74) is 0. The predicted molar refractivity (Wildman–Crippen MR) is 54.2 cm³/mol. The van der Waals surface area contributed by atoms with E-state index in [2.05, 4.69) is 9.47 Å². The van der Waals surface area contributed by atoms with Crippen molar-refractivity contribution in [1.82, 2.24) is 0 Å². The van der Waals surface area contributed by atoms with E-state index >= 15 is 0 Å². The summed E-state index contributed by atoms with van der Waals surface area (Å²) in [5, 5.41) is 0. The molecule has 0 radical (unpaired) electrons. The van der Waals surface area contributed by atoms with E-state index in [-0.39, 0.29) is 6.61 Å². The van der Waals surface area contributed by atoms with Crippen molar-refractivity contribution in [2.75, 3.05) is 20.8 Å². The molecule has 1 saturated heterocycles. The van der Waals surface area contributed by atoms with Crippen LogP contribution in [-0.4, -0.2) is 57.2 Å². The Morgan fingerprint density at radius 2 is 1.61 bits per heavy atom. The molecular formula is C10H14O8. The van der Waals surface area contributed by atoms with Crippen molar-refractivity contribution in [3.8, 4) is 0 Å². The fourth-order valence-corrected chi connectivity index (χ4v) is 1.39. The molecule has 0 aromatic rings. The lowest BCUT2D eigenvalue weighted by Crippen LogP contribution is -2.53. The minimum atomic E-state index is -1.33. The van der Waals surface area contributed by atoms with Gasteiger partial charge in [0.15, 0.2) is 12.2 Å². The van der Waals surface area contributed by atoms with E-state index in [4.69, 9.17) is 14.2 Å². The van der Waals surface area contributed by atoms with Gasteiger partial charge in [0.25, 0.3) is 0 Å². The Morgan fingerprint density at radius 3 is 2.11 bits per heavy atom. The summed E-state index contributed by atoms with van der Waals surface area (Å²) in [6.45, 7) is 1.01. The standard InChI is InChI=1S/C10H14O8/c1-5(11)17-6-4-16-7(9(12)14-2)8(18-6)10(13)15-3/h6-8H,4H2,1-3H3/t6?,7-,8-/m1/s1. The lowest BCUT2D eigenvalue weighted by Gasteiger charge is -2.32. The fraction of sp³-hybridized carbons (Fsp3) is 0.700. The highest BCUT2D eigenvalue weighted by Gasteiger charge is 2.44. The van der Waals surface area contributed by atoms with Crippen LogP contribution in [0.4, 0.5) is 0 Å². The molecule has 102 valence electrons. The second-order valence-electron chi connectivity index (χ2n) is 3.40. The number of carbonyl (C=O) groups is 3. The first-order chi connectivity index (χ1) is 8.49. The van der Waals surface area contributed by atoms with Crippen molar-refractivity contribution in [3.05, 3.63) is 0 Å². The van der Waals surface area contributed by atoms with E-state index < -0.39 is 36.4 Å². The first-order valence-electron chi connectivity index (χ1n) is 5.09. The highest BCUT2D eigenvalue weighted by Crippen LogP contribution is 2.18. The SMILES string of the molecule is COC(=O)[C@@H]1OCC(OC(C)=O)O[C@H]1C(=O)OC. The maximum atomic E-state index is 11.5. The molecule has 0 bridgehead atoms. The molecule has 1 aliphatic heterocycles. The van der Waals surface area contributed by atoms with Crippen molar-refractivity contribution in [1.29, 1.82) is 0 Å². The van der Waals surface area contributed by atoms with Gasteiger partial charge in [-0.3, -0.25) is 4.79 Å². The number of ether oxygens (including phenoxy) is 5. The molecule has 0 saturated carbocycles. The summed E-state index contributed by atoms with van der Waals surface area (Å²) >= 11 is 0. The number of carbonyl (C=O) groups excluding carboxylic acids is 3. The molecule has 1 fully saturated rings. The Bertz CT molecular complexity index is 339. The lowest BCUT2D eigenvalue weighted by atomic mass is 10.2. The highest BCUT2D eigenvalue weighted by molar-refractivity contribution is 5.85. The Morgan fingerprint density at radius 1 is 1.06 bits per heavy atom. The molecule has 1 aliphatic rings. The van der Waals surface area contributed by atoms with Crippen molar-refractivity contribution in [2.24, 2.45) is 0 Å². The molecule has 1 unspecified atom stereocenters. The van der Waals surface area contributed by atoms with Crippen molar-refractivity contribution in [3.63, 3.8) is 0 Å². The van der Waals surface area contributed by atoms with Gasteiger partial charge in [-0.25, -0.2) is 9.59 Å². The van der Waals surface area contributed by atoms with Crippen molar-refractivity contribution >= 4 is 17.9 Å². The van der Waals surface area contributed by atoms with Gasteiger partial charge in [-0.15, -0.1) is 0 Å². The van der Waals surface area contributed by atoms with Gasteiger partial charge in [0.2, 0.25) is 6.29 Å². The predicted octanol–water partition coefficient (Wildman–Crippen LogP) is -0.994. The lowest BCUT2D eigenvalue weighted by molar-refractivity contribution is -0.260. The van der Waals surface area contributed by atoms with Crippen LogP contribution in [0.2, 0.25) is 0 Å². The summed E-state index contributed by atoms with van der Waals surface area (Å²) in [6, 6.07) is 0. The summed E-state index contributed by atoms with van der Waals surface area (Å²) in [5.74, 6) is -2.18. The molecule has 0 aromatic heterocycles. The van der Waals surface area contributed by atoms with E-state index in [1.54, 1.807) is 0 Å². The summed E-state index contributed by atoms with van der Waals surface area (Å²) < 4.78 is 23.9. The first-order valence-corrected chi connectivity index (χ1v) is 5.09. The molecular weight excluding hydrogens is 248 g/mol. The molecule has 8 nitrogen and oxygen atoms in total. The van der Waals surface area contributed by atoms with E-state index in [0.29, 0.717) is 0 Å². The van der Waals surface area contributed by atoms with Gasteiger partial charge >= 0.3 is 17.9 Å². The smallest absolute Gasteiger partial charge is 0.338 e. The minimum Gasteiger partial charge on any atom is -0.467 e. The molecule has 0 aliphatic carbocycles. The number of hydrogen-bond acceptors (Lipinski definition) is 8. The Hall–Kier alpha value is -1.67. The molecule has 0 spiro atoms. The van der Waals surface area contributed by atoms with Crippen LogP contribution in [0, 0.1) is 0 Å². The second kappa shape index (κ2) is 6.31. The zero-order valence-corrected chi connectivity index (χ0v) is 10.2. The van der Waals surface area contributed by atoms with Crippen LogP contribution in [0.3, 0.4) is 0 Å². The van der Waals surface area contributed by atoms with Crippen molar-refractivity contribution < 1.29 is 38.1 Å². The van der Waals surface area contributed by atoms with E-state index in [1.165, 1.54) is 6.92 Å². The third kappa shape index (κ3) is 3.41. The molecule has 1 rings (SSSR count). The van der Waals surface area contributed by atoms with Gasteiger partial charge in [-0.2, -0.15) is 0 Å². The molecule has 1 heterocycles. The third-order valence-corrected chi connectivity index (χ3v) is 2.15. The van der Waals surface area contributed by atoms with E-state index in [1.807, 2.05) is 0 Å². The topological polar surface area (TPSA) is 97.4 Å². The number of hydrogen-bond donors (Lipinski definition) is 0. The maximum Gasteiger partial charge on any atom is 0.338 e. The molecule has 18 heavy (non-hydrogen) atoms. The van der Waals surface area contributed by atoms with E-state index in [0.717, 1.165) is 14.2 Å². The molecule has 3 atom stereocenters. The number of methoxy groups -OCH3 is 2. The van der Waals surface area contributed by atoms with Crippen molar-refractivity contribution in [2.45, 2.75) is 25.4 Å². The van der Waals surface area contributed by atoms with Crippen LogP contribution in [0.5, 0.6) is 0 Å². The average Bonchev–Trinajstić information content (AvgIpc) is 2.36. The Labute approximate surface area is 103 Å². The minimum absolute atomic E-state index is 0.174. The van der Waals surface area contributed by atoms with Crippen LogP contribution in [0.25, 0.3) is 0 Å². The van der Waals surface area contributed by atoms with Crippen LogP contribution < -0.4 is 0 Å². The normalized spacial score (nSPS) is 27.2. The van der Waals surface area contributed by atoms with Crippen LogP contribution in [-0.2, 0) is 38.1 Å². The van der Waals surface area contributed by atoms with Gasteiger partial charge in [-0.05, 0) is 0 Å². The maximum absolute atomic E-state index is 11.5. The van der Waals surface area contributed by atoms with E-state index in [9.17, 15) is 14.4 Å². The van der Waals surface area contributed by atoms with Gasteiger partial charge in [0.05, 0.1) is 14.2 Å². The highest BCUT2D eigenvalue weighted by atomic mass is 16.7. The molecule has 0 amide bonds. The molecule has 0 N–H and O–H groups in total. The number of rotatable bonds is 3. The Kier molecular flexibility index (Phi) is 5.05.